The van der Waals surface area contributed by atoms with E-state index in [9.17, 15) is 9.59 Å². The fourth-order valence-electron chi connectivity index (χ4n) is 3.05. The van der Waals surface area contributed by atoms with Crippen LogP contribution in [0.25, 0.3) is 5.76 Å². The molecule has 0 bridgehead atoms. The number of methoxy groups -OCH3 is 1. The number of Topliss-reactive ketones (excluding diaryl/α,β-unsaturated/α-hetero) is 2. The summed E-state index contributed by atoms with van der Waals surface area (Å²) in [6.07, 6.45) is 0.737. The van der Waals surface area contributed by atoms with Gasteiger partial charge in [0.1, 0.15) is 5.76 Å². The number of hydrogen-bond acceptors (Lipinski definition) is 4. The zero-order valence-electron chi connectivity index (χ0n) is 13.0. The lowest BCUT2D eigenvalue weighted by molar-refractivity contribution is -0.0449. The SMILES string of the molecule is COC1OC(c2ccccc2)=CC2=C1C(=O)c1ccccc1C2=O. The fraction of sp³-hybridized carbons (Fsp3) is 0.100. The molecule has 1 unspecified atom stereocenters. The van der Waals surface area contributed by atoms with E-state index < -0.39 is 6.29 Å². The van der Waals surface area contributed by atoms with Crippen molar-refractivity contribution in [1.82, 2.24) is 0 Å². The number of benzene rings is 2. The number of fused-ring (bicyclic) bond motifs is 1. The van der Waals surface area contributed by atoms with E-state index in [4.69, 9.17) is 9.47 Å². The van der Waals surface area contributed by atoms with Crippen LogP contribution in [0, 0.1) is 0 Å². The average molecular weight is 318 g/mol. The highest BCUT2D eigenvalue weighted by Gasteiger charge is 2.39. The largest absolute Gasteiger partial charge is 0.460 e. The number of ether oxygens (including phenoxy) is 2. The van der Waals surface area contributed by atoms with E-state index in [2.05, 4.69) is 0 Å². The second kappa shape index (κ2) is 5.58. The predicted octanol–water partition coefficient (Wildman–Crippen LogP) is 3.41. The second-order valence-electron chi connectivity index (χ2n) is 5.59. The molecule has 0 saturated carbocycles. The number of ketones is 2. The molecule has 1 aliphatic carbocycles. The summed E-state index contributed by atoms with van der Waals surface area (Å²) < 4.78 is 11.2. The van der Waals surface area contributed by atoms with E-state index in [-0.39, 0.29) is 17.1 Å². The van der Waals surface area contributed by atoms with Crippen LogP contribution in [0.5, 0.6) is 0 Å². The molecule has 1 heterocycles. The van der Waals surface area contributed by atoms with Gasteiger partial charge in [-0.25, -0.2) is 0 Å². The Morgan fingerprint density at radius 2 is 1.50 bits per heavy atom. The van der Waals surface area contributed by atoms with Crippen LogP contribution in [0.4, 0.5) is 0 Å². The van der Waals surface area contributed by atoms with Crippen LogP contribution in [0.2, 0.25) is 0 Å². The van der Waals surface area contributed by atoms with E-state index in [1.165, 1.54) is 7.11 Å². The van der Waals surface area contributed by atoms with Crippen LogP contribution in [-0.2, 0) is 9.47 Å². The molecule has 0 fully saturated rings. The van der Waals surface area contributed by atoms with Gasteiger partial charge in [0.25, 0.3) is 0 Å². The molecule has 1 atom stereocenters. The summed E-state index contributed by atoms with van der Waals surface area (Å²) in [5.74, 6) is 0.108. The molecule has 4 heteroatoms. The molecule has 2 aliphatic rings. The van der Waals surface area contributed by atoms with E-state index >= 15 is 0 Å². The van der Waals surface area contributed by atoms with Crippen LogP contribution in [0.1, 0.15) is 26.3 Å². The molecular weight excluding hydrogens is 304 g/mol. The quantitative estimate of drug-likeness (QED) is 0.851. The molecule has 0 N–H and O–H groups in total. The van der Waals surface area contributed by atoms with Gasteiger partial charge in [-0.2, -0.15) is 0 Å². The summed E-state index contributed by atoms with van der Waals surface area (Å²) in [5.41, 5.74) is 2.24. The number of carbonyl (C=O) groups excluding carboxylic acids is 2. The first-order chi connectivity index (χ1) is 11.7. The molecule has 4 nitrogen and oxygen atoms in total. The van der Waals surface area contributed by atoms with Crippen molar-refractivity contribution in [2.45, 2.75) is 6.29 Å². The van der Waals surface area contributed by atoms with Crippen molar-refractivity contribution < 1.29 is 19.1 Å². The molecule has 1 aliphatic heterocycles. The average Bonchev–Trinajstić information content (AvgIpc) is 2.65. The number of hydrogen-bond donors (Lipinski definition) is 0. The summed E-state index contributed by atoms with van der Waals surface area (Å²) in [6.45, 7) is 0. The lowest BCUT2D eigenvalue weighted by Crippen LogP contribution is -2.33. The Kier molecular flexibility index (Phi) is 3.40. The summed E-state index contributed by atoms with van der Waals surface area (Å²) in [4.78, 5) is 25.7. The van der Waals surface area contributed by atoms with Crippen molar-refractivity contribution in [1.29, 1.82) is 0 Å². The molecular formula is C20H14O4. The molecule has 0 radical (unpaired) electrons. The van der Waals surface area contributed by atoms with Gasteiger partial charge in [-0.3, -0.25) is 9.59 Å². The van der Waals surface area contributed by atoms with Gasteiger partial charge in [-0.1, -0.05) is 54.6 Å². The Hall–Kier alpha value is -2.98. The summed E-state index contributed by atoms with van der Waals surface area (Å²) in [6, 6.07) is 16.3. The Bertz CT molecular complexity index is 906. The highest BCUT2D eigenvalue weighted by molar-refractivity contribution is 6.28. The van der Waals surface area contributed by atoms with Crippen LogP contribution in [0.15, 0.2) is 71.8 Å². The first kappa shape index (κ1) is 14.6. The molecule has 0 amide bonds. The standard InChI is InChI=1S/C20H14O4/c1-23-20-17-15(11-16(24-20)12-7-3-2-4-8-12)18(21)13-9-5-6-10-14(13)19(17)22/h2-11,20H,1H3. The number of allylic oxidation sites excluding steroid dienone is 2. The summed E-state index contributed by atoms with van der Waals surface area (Å²) >= 11 is 0. The fourth-order valence-corrected chi connectivity index (χ4v) is 3.05. The Morgan fingerprint density at radius 3 is 2.17 bits per heavy atom. The first-order valence-corrected chi connectivity index (χ1v) is 7.60. The van der Waals surface area contributed by atoms with Gasteiger partial charge in [0, 0.05) is 29.4 Å². The van der Waals surface area contributed by atoms with Gasteiger partial charge in [-0.05, 0) is 6.08 Å². The lowest BCUT2D eigenvalue weighted by atomic mass is 9.82. The Labute approximate surface area is 139 Å². The smallest absolute Gasteiger partial charge is 0.231 e. The maximum absolute atomic E-state index is 12.9. The van der Waals surface area contributed by atoms with Crippen molar-refractivity contribution >= 4 is 17.3 Å². The summed E-state index contributed by atoms with van der Waals surface area (Å²) in [7, 11) is 1.46. The van der Waals surface area contributed by atoms with E-state index in [1.807, 2.05) is 30.3 Å². The van der Waals surface area contributed by atoms with E-state index in [0.717, 1.165) is 5.56 Å². The van der Waals surface area contributed by atoms with Crippen molar-refractivity contribution in [3.05, 3.63) is 88.5 Å². The summed E-state index contributed by atoms with van der Waals surface area (Å²) in [5, 5.41) is 0. The van der Waals surface area contributed by atoms with Gasteiger partial charge in [-0.15, -0.1) is 0 Å². The second-order valence-corrected chi connectivity index (χ2v) is 5.59. The molecule has 4 rings (SSSR count). The third-order valence-electron chi connectivity index (χ3n) is 4.21. The third kappa shape index (κ3) is 2.12. The van der Waals surface area contributed by atoms with Crippen LogP contribution >= 0.6 is 0 Å². The molecule has 2 aromatic carbocycles. The van der Waals surface area contributed by atoms with E-state index in [0.29, 0.717) is 22.5 Å². The monoisotopic (exact) mass is 318 g/mol. The molecule has 0 spiro atoms. The minimum atomic E-state index is -0.898. The Balaban J connectivity index is 1.90. The van der Waals surface area contributed by atoms with Crippen molar-refractivity contribution in [2.24, 2.45) is 0 Å². The van der Waals surface area contributed by atoms with Crippen molar-refractivity contribution in [3.8, 4) is 0 Å². The van der Waals surface area contributed by atoms with Crippen molar-refractivity contribution in [3.63, 3.8) is 0 Å². The molecule has 118 valence electrons. The zero-order valence-corrected chi connectivity index (χ0v) is 13.0. The zero-order chi connectivity index (χ0) is 16.7. The van der Waals surface area contributed by atoms with Crippen LogP contribution < -0.4 is 0 Å². The van der Waals surface area contributed by atoms with Crippen LogP contribution in [-0.4, -0.2) is 25.0 Å². The predicted molar refractivity (Wildman–Crippen MR) is 88.4 cm³/mol. The third-order valence-corrected chi connectivity index (χ3v) is 4.21. The number of carbonyl (C=O) groups is 2. The molecule has 2 aromatic rings. The van der Waals surface area contributed by atoms with Gasteiger partial charge >= 0.3 is 0 Å². The van der Waals surface area contributed by atoms with Gasteiger partial charge in [0.05, 0.1) is 5.57 Å². The Morgan fingerprint density at radius 1 is 0.875 bits per heavy atom. The maximum Gasteiger partial charge on any atom is 0.231 e. The minimum Gasteiger partial charge on any atom is -0.460 e. The number of rotatable bonds is 2. The van der Waals surface area contributed by atoms with Gasteiger partial charge in [0.15, 0.2) is 11.6 Å². The normalized spacial score (nSPS) is 19.4. The molecule has 24 heavy (non-hydrogen) atoms. The van der Waals surface area contributed by atoms with E-state index in [1.54, 1.807) is 30.3 Å². The molecule has 0 saturated heterocycles. The van der Waals surface area contributed by atoms with Crippen molar-refractivity contribution in [2.75, 3.05) is 7.11 Å². The molecule has 0 aromatic heterocycles. The van der Waals surface area contributed by atoms with Crippen LogP contribution in [0.3, 0.4) is 0 Å². The highest BCUT2D eigenvalue weighted by atomic mass is 16.7. The van der Waals surface area contributed by atoms with Gasteiger partial charge in [0.2, 0.25) is 6.29 Å². The maximum atomic E-state index is 12.9. The first-order valence-electron chi connectivity index (χ1n) is 7.60. The highest BCUT2D eigenvalue weighted by Crippen LogP contribution is 2.36. The topological polar surface area (TPSA) is 52.6 Å². The lowest BCUT2D eigenvalue weighted by Gasteiger charge is -2.30. The minimum absolute atomic E-state index is 0.181. The van der Waals surface area contributed by atoms with Gasteiger partial charge < -0.3 is 9.47 Å².